The molecular weight excluding hydrogens is 219 g/mol. The van der Waals surface area contributed by atoms with Crippen LogP contribution in [0.3, 0.4) is 0 Å². The van der Waals surface area contributed by atoms with Gasteiger partial charge in [0, 0.05) is 11.9 Å². The van der Waals surface area contributed by atoms with Gasteiger partial charge in [0.2, 0.25) is 0 Å². The fourth-order valence-electron chi connectivity index (χ4n) is 0.983. The van der Waals surface area contributed by atoms with Gasteiger partial charge in [-0.3, -0.25) is 5.41 Å². The average molecular weight is 229 g/mol. The van der Waals surface area contributed by atoms with Gasteiger partial charge in [0.25, 0.3) is 0 Å². The second kappa shape index (κ2) is 4.69. The number of amidine groups is 1. The zero-order valence-corrected chi connectivity index (χ0v) is 8.18. The van der Waals surface area contributed by atoms with E-state index in [9.17, 15) is 13.2 Å². The maximum atomic E-state index is 12.2. The van der Waals surface area contributed by atoms with Crippen LogP contribution >= 0.6 is 0 Å². The second-order valence-electron chi connectivity index (χ2n) is 3.01. The predicted molar refractivity (Wildman–Crippen MR) is 56.1 cm³/mol. The Morgan fingerprint density at radius 3 is 2.25 bits per heavy atom. The number of halogens is 3. The van der Waals surface area contributed by atoms with Crippen LogP contribution in [-0.2, 0) is 6.18 Å². The third-order valence-corrected chi connectivity index (χ3v) is 1.73. The van der Waals surface area contributed by atoms with Crippen LogP contribution in [0.1, 0.15) is 5.56 Å². The van der Waals surface area contributed by atoms with Gasteiger partial charge in [-0.15, -0.1) is 0 Å². The summed E-state index contributed by atoms with van der Waals surface area (Å²) in [4.78, 5) is 0. The highest BCUT2D eigenvalue weighted by Crippen LogP contribution is 2.29. The Kier molecular flexibility index (Phi) is 3.55. The Morgan fingerprint density at radius 1 is 1.25 bits per heavy atom. The van der Waals surface area contributed by atoms with Gasteiger partial charge in [0.05, 0.1) is 5.56 Å². The van der Waals surface area contributed by atoms with Crippen molar-refractivity contribution in [1.29, 1.82) is 5.41 Å². The third kappa shape index (κ3) is 3.64. The molecule has 0 spiro atoms. The van der Waals surface area contributed by atoms with Crippen molar-refractivity contribution in [2.45, 2.75) is 6.18 Å². The van der Waals surface area contributed by atoms with Crippen molar-refractivity contribution in [3.63, 3.8) is 0 Å². The Balaban J connectivity index is 2.69. The lowest BCUT2D eigenvalue weighted by Gasteiger charge is -2.07. The molecule has 6 heteroatoms. The molecule has 86 valence electrons. The van der Waals surface area contributed by atoms with Crippen LogP contribution in [0.2, 0.25) is 0 Å². The maximum Gasteiger partial charge on any atom is 0.416 e. The molecule has 0 saturated heterocycles. The minimum Gasteiger partial charge on any atom is -0.384 e. The number of hydrogen-bond donors (Lipinski definition) is 3. The molecule has 1 aromatic rings. The zero-order valence-electron chi connectivity index (χ0n) is 8.18. The maximum absolute atomic E-state index is 12.2. The molecule has 0 aliphatic heterocycles. The van der Waals surface area contributed by atoms with Gasteiger partial charge in [-0.25, -0.2) is 0 Å². The van der Waals surface area contributed by atoms with Crippen molar-refractivity contribution in [2.24, 2.45) is 5.73 Å². The summed E-state index contributed by atoms with van der Waals surface area (Å²) < 4.78 is 36.6. The number of hydrogen-bond acceptors (Lipinski definition) is 2. The fraction of sp³-hybridized carbons (Fsp3) is 0.100. The average Bonchev–Trinajstić information content (AvgIpc) is 2.16. The first kappa shape index (κ1) is 12.1. The lowest BCUT2D eigenvalue weighted by Crippen LogP contribution is -2.06. The first-order valence-corrected chi connectivity index (χ1v) is 4.34. The Hall–Kier alpha value is -1.98. The van der Waals surface area contributed by atoms with E-state index in [2.05, 4.69) is 5.32 Å². The van der Waals surface area contributed by atoms with E-state index < -0.39 is 11.7 Å². The highest BCUT2D eigenvalue weighted by molar-refractivity contribution is 5.88. The molecule has 0 aliphatic rings. The van der Waals surface area contributed by atoms with Gasteiger partial charge in [0.1, 0.15) is 5.84 Å². The predicted octanol–water partition coefficient (Wildman–Crippen LogP) is 2.57. The van der Waals surface area contributed by atoms with Crippen molar-refractivity contribution in [3.05, 3.63) is 42.1 Å². The van der Waals surface area contributed by atoms with E-state index >= 15 is 0 Å². The van der Waals surface area contributed by atoms with Gasteiger partial charge in [-0.2, -0.15) is 13.2 Å². The summed E-state index contributed by atoms with van der Waals surface area (Å²) in [5, 5.41) is 9.56. The standard InChI is InChI=1S/C10H10F3N3/c11-10(12,13)7-1-3-8(4-2-7)16-6-5-9(14)15/h1-6,16H,(H3,14,15)/b6-5-. The SMILES string of the molecule is N=C(N)/C=C\Nc1ccc(C(F)(F)F)cc1. The molecule has 16 heavy (non-hydrogen) atoms. The van der Waals surface area contributed by atoms with E-state index in [1.165, 1.54) is 24.4 Å². The van der Waals surface area contributed by atoms with Crippen LogP contribution in [-0.4, -0.2) is 5.84 Å². The summed E-state index contributed by atoms with van der Waals surface area (Å²) in [6.07, 6.45) is -1.66. The molecule has 1 rings (SSSR count). The van der Waals surface area contributed by atoms with E-state index in [1.807, 2.05) is 0 Å². The number of rotatable bonds is 3. The van der Waals surface area contributed by atoms with Gasteiger partial charge in [-0.1, -0.05) is 0 Å². The first-order chi connectivity index (χ1) is 7.39. The summed E-state index contributed by atoms with van der Waals surface area (Å²) in [5.74, 6) is -0.139. The van der Waals surface area contributed by atoms with Gasteiger partial charge >= 0.3 is 6.18 Å². The molecule has 0 aromatic heterocycles. The normalized spacial score (nSPS) is 11.7. The van der Waals surface area contributed by atoms with E-state index in [0.29, 0.717) is 5.69 Å². The van der Waals surface area contributed by atoms with Crippen molar-refractivity contribution in [2.75, 3.05) is 5.32 Å². The minimum atomic E-state index is -4.33. The number of alkyl halides is 3. The third-order valence-electron chi connectivity index (χ3n) is 1.73. The molecule has 0 aliphatic carbocycles. The molecule has 0 saturated carbocycles. The van der Waals surface area contributed by atoms with Gasteiger partial charge in [0.15, 0.2) is 0 Å². The molecule has 0 unspecified atom stereocenters. The lowest BCUT2D eigenvalue weighted by molar-refractivity contribution is -0.137. The van der Waals surface area contributed by atoms with E-state index in [1.54, 1.807) is 0 Å². The van der Waals surface area contributed by atoms with E-state index in [0.717, 1.165) is 12.1 Å². The fourth-order valence-corrected chi connectivity index (χ4v) is 0.983. The van der Waals surface area contributed by atoms with Crippen molar-refractivity contribution >= 4 is 11.5 Å². The molecule has 0 fully saturated rings. The van der Waals surface area contributed by atoms with Gasteiger partial charge < -0.3 is 11.1 Å². The molecule has 4 N–H and O–H groups in total. The molecule has 3 nitrogen and oxygen atoms in total. The van der Waals surface area contributed by atoms with Crippen LogP contribution in [0.25, 0.3) is 0 Å². The van der Waals surface area contributed by atoms with Crippen LogP contribution in [0.4, 0.5) is 18.9 Å². The monoisotopic (exact) mass is 229 g/mol. The molecule has 0 amide bonds. The van der Waals surface area contributed by atoms with E-state index in [4.69, 9.17) is 11.1 Å². The number of benzene rings is 1. The summed E-state index contributed by atoms with van der Waals surface area (Å²) in [7, 11) is 0. The largest absolute Gasteiger partial charge is 0.416 e. The van der Waals surface area contributed by atoms with Crippen molar-refractivity contribution in [3.8, 4) is 0 Å². The molecule has 0 heterocycles. The number of nitrogens with two attached hydrogens (primary N) is 1. The Bertz CT molecular complexity index is 393. The quantitative estimate of drug-likeness (QED) is 0.551. The van der Waals surface area contributed by atoms with Gasteiger partial charge in [-0.05, 0) is 30.3 Å². The van der Waals surface area contributed by atoms with Crippen LogP contribution in [0, 0.1) is 5.41 Å². The zero-order chi connectivity index (χ0) is 12.2. The number of nitrogens with one attached hydrogen (secondary N) is 2. The minimum absolute atomic E-state index is 0.139. The highest BCUT2D eigenvalue weighted by Gasteiger charge is 2.29. The second-order valence-corrected chi connectivity index (χ2v) is 3.01. The Morgan fingerprint density at radius 2 is 1.81 bits per heavy atom. The highest BCUT2D eigenvalue weighted by atomic mass is 19.4. The van der Waals surface area contributed by atoms with E-state index in [-0.39, 0.29) is 5.84 Å². The summed E-state index contributed by atoms with van der Waals surface area (Å²) in [5.41, 5.74) is 4.84. The number of anilines is 1. The lowest BCUT2D eigenvalue weighted by atomic mass is 10.2. The molecule has 0 radical (unpaired) electrons. The first-order valence-electron chi connectivity index (χ1n) is 4.34. The molecular formula is C10H10F3N3. The van der Waals surface area contributed by atoms with Crippen molar-refractivity contribution in [1.82, 2.24) is 0 Å². The smallest absolute Gasteiger partial charge is 0.384 e. The molecule has 0 bridgehead atoms. The van der Waals surface area contributed by atoms with Crippen LogP contribution < -0.4 is 11.1 Å². The Labute approximate surface area is 90.3 Å². The molecule has 0 atom stereocenters. The van der Waals surface area contributed by atoms with Crippen molar-refractivity contribution < 1.29 is 13.2 Å². The molecule has 1 aromatic carbocycles. The summed E-state index contributed by atoms with van der Waals surface area (Å²) in [6, 6.07) is 4.55. The summed E-state index contributed by atoms with van der Waals surface area (Å²) >= 11 is 0. The topological polar surface area (TPSA) is 61.9 Å². The van der Waals surface area contributed by atoms with Crippen LogP contribution in [0.15, 0.2) is 36.5 Å². The van der Waals surface area contributed by atoms with Crippen LogP contribution in [0.5, 0.6) is 0 Å². The summed E-state index contributed by atoms with van der Waals surface area (Å²) in [6.45, 7) is 0.